The number of carbonyl (C=O) groups is 1. The van der Waals surface area contributed by atoms with E-state index in [1.54, 1.807) is 0 Å². The second kappa shape index (κ2) is 10.1. The minimum atomic E-state index is 0.0135. The summed E-state index contributed by atoms with van der Waals surface area (Å²) >= 11 is 0. The number of hydrogen-bond acceptors (Lipinski definition) is 2. The molecular formula is C19H30N2O. The number of nitrogens with zero attached hydrogens (tertiary/aromatic N) is 1. The third kappa shape index (κ3) is 6.88. The van der Waals surface area contributed by atoms with E-state index in [1.165, 1.54) is 36.8 Å². The highest BCUT2D eigenvalue weighted by Crippen LogP contribution is 2.11. The summed E-state index contributed by atoms with van der Waals surface area (Å²) in [6, 6.07) is 6.26. The number of amides is 1. The van der Waals surface area contributed by atoms with Gasteiger partial charge in [0.2, 0.25) is 5.91 Å². The average molecular weight is 302 g/mol. The third-order valence-electron chi connectivity index (χ3n) is 3.88. The van der Waals surface area contributed by atoms with Crippen molar-refractivity contribution in [2.45, 2.75) is 72.6 Å². The van der Waals surface area contributed by atoms with Crippen molar-refractivity contribution in [1.29, 1.82) is 0 Å². The van der Waals surface area contributed by atoms with Gasteiger partial charge in [-0.15, -0.1) is 0 Å². The molecule has 22 heavy (non-hydrogen) atoms. The summed E-state index contributed by atoms with van der Waals surface area (Å²) in [7, 11) is 0. The molecule has 0 aliphatic rings. The summed E-state index contributed by atoms with van der Waals surface area (Å²) in [6.07, 6.45) is 7.71. The predicted molar refractivity (Wildman–Crippen MR) is 94.3 cm³/mol. The number of hydrazone groups is 1. The van der Waals surface area contributed by atoms with E-state index in [4.69, 9.17) is 0 Å². The third-order valence-corrected chi connectivity index (χ3v) is 3.88. The monoisotopic (exact) mass is 302 g/mol. The predicted octanol–water partition coefficient (Wildman–Crippen LogP) is 4.89. The first-order chi connectivity index (χ1) is 10.5. The molecule has 3 nitrogen and oxygen atoms in total. The summed E-state index contributed by atoms with van der Waals surface area (Å²) in [5, 5.41) is 4.23. The second-order valence-corrected chi connectivity index (χ2v) is 6.07. The second-order valence-electron chi connectivity index (χ2n) is 6.07. The lowest BCUT2D eigenvalue weighted by atomic mass is 10.0. The molecular weight excluding hydrogens is 272 g/mol. The first-order valence-electron chi connectivity index (χ1n) is 8.45. The molecule has 0 saturated heterocycles. The Morgan fingerprint density at radius 3 is 2.45 bits per heavy atom. The maximum Gasteiger partial charge on any atom is 0.240 e. The zero-order chi connectivity index (χ0) is 16.4. The highest BCUT2D eigenvalue weighted by Gasteiger charge is 2.04. The average Bonchev–Trinajstić information content (AvgIpc) is 2.48. The van der Waals surface area contributed by atoms with E-state index in [2.05, 4.69) is 49.5 Å². The molecule has 0 fully saturated rings. The summed E-state index contributed by atoms with van der Waals surface area (Å²) in [4.78, 5) is 11.8. The minimum Gasteiger partial charge on any atom is -0.273 e. The smallest absolute Gasteiger partial charge is 0.240 e. The number of rotatable bonds is 9. The molecule has 0 aliphatic carbocycles. The van der Waals surface area contributed by atoms with Gasteiger partial charge in [0.1, 0.15) is 0 Å². The number of unbranched alkanes of at least 4 members (excludes halogenated alkanes) is 5. The molecule has 1 rings (SSSR count). The van der Waals surface area contributed by atoms with Crippen LogP contribution in [-0.4, -0.2) is 11.6 Å². The van der Waals surface area contributed by atoms with Crippen molar-refractivity contribution in [3.05, 3.63) is 34.9 Å². The maximum absolute atomic E-state index is 11.8. The quantitative estimate of drug-likeness (QED) is 0.394. The van der Waals surface area contributed by atoms with Crippen LogP contribution in [0.5, 0.6) is 0 Å². The first kappa shape index (κ1) is 18.4. The van der Waals surface area contributed by atoms with Crippen LogP contribution in [0.4, 0.5) is 0 Å². The molecule has 0 atom stereocenters. The number of benzene rings is 1. The van der Waals surface area contributed by atoms with E-state index < -0.39 is 0 Å². The van der Waals surface area contributed by atoms with Crippen molar-refractivity contribution in [2.24, 2.45) is 5.10 Å². The van der Waals surface area contributed by atoms with Crippen LogP contribution >= 0.6 is 0 Å². The molecule has 0 radical (unpaired) electrons. The fourth-order valence-corrected chi connectivity index (χ4v) is 2.55. The van der Waals surface area contributed by atoms with Crippen molar-refractivity contribution >= 4 is 11.6 Å². The van der Waals surface area contributed by atoms with Gasteiger partial charge in [-0.2, -0.15) is 5.10 Å². The lowest BCUT2D eigenvalue weighted by molar-refractivity contribution is -0.121. The topological polar surface area (TPSA) is 41.5 Å². The Hall–Kier alpha value is -1.64. The molecule has 0 aliphatic heterocycles. The van der Waals surface area contributed by atoms with Crippen LogP contribution in [0.15, 0.2) is 23.3 Å². The van der Waals surface area contributed by atoms with Gasteiger partial charge in [-0.25, -0.2) is 5.43 Å². The summed E-state index contributed by atoms with van der Waals surface area (Å²) in [5.74, 6) is 0.0135. The fraction of sp³-hybridized carbons (Fsp3) is 0.579. The van der Waals surface area contributed by atoms with Gasteiger partial charge in [-0.05, 0) is 32.8 Å². The molecule has 1 aromatic carbocycles. The Labute approximate surface area is 135 Å². The van der Waals surface area contributed by atoms with E-state index in [0.717, 1.165) is 24.1 Å². The molecule has 0 saturated carbocycles. The number of nitrogens with one attached hydrogen (secondary N) is 1. The summed E-state index contributed by atoms with van der Waals surface area (Å²) in [6.45, 7) is 8.29. The van der Waals surface area contributed by atoms with Gasteiger partial charge < -0.3 is 0 Å². The molecule has 1 N–H and O–H groups in total. The van der Waals surface area contributed by atoms with Crippen LogP contribution in [-0.2, 0) is 4.79 Å². The lowest BCUT2D eigenvalue weighted by Gasteiger charge is -2.07. The largest absolute Gasteiger partial charge is 0.273 e. The Morgan fingerprint density at radius 2 is 1.77 bits per heavy atom. The molecule has 0 spiro atoms. The Balaban J connectivity index is 2.35. The Kier molecular flexibility index (Phi) is 8.49. The van der Waals surface area contributed by atoms with Crippen molar-refractivity contribution in [3.8, 4) is 0 Å². The Morgan fingerprint density at radius 1 is 1.09 bits per heavy atom. The molecule has 0 heterocycles. The maximum atomic E-state index is 11.8. The molecule has 0 aromatic heterocycles. The van der Waals surface area contributed by atoms with Gasteiger partial charge in [-0.1, -0.05) is 62.8 Å². The lowest BCUT2D eigenvalue weighted by Crippen LogP contribution is -2.19. The fourth-order valence-electron chi connectivity index (χ4n) is 2.55. The van der Waals surface area contributed by atoms with Gasteiger partial charge >= 0.3 is 0 Å². The normalized spacial score (nSPS) is 11.5. The first-order valence-corrected chi connectivity index (χ1v) is 8.45. The molecule has 1 aromatic rings. The molecule has 0 bridgehead atoms. The highest BCUT2D eigenvalue weighted by molar-refractivity contribution is 6.00. The summed E-state index contributed by atoms with van der Waals surface area (Å²) in [5.41, 5.74) is 7.04. The van der Waals surface area contributed by atoms with E-state index >= 15 is 0 Å². The number of aryl methyl sites for hydroxylation is 2. The van der Waals surface area contributed by atoms with E-state index in [-0.39, 0.29) is 5.91 Å². The highest BCUT2D eigenvalue weighted by atomic mass is 16.2. The summed E-state index contributed by atoms with van der Waals surface area (Å²) < 4.78 is 0. The van der Waals surface area contributed by atoms with Crippen LogP contribution in [0.25, 0.3) is 0 Å². The molecule has 0 unspecified atom stereocenters. The van der Waals surface area contributed by atoms with Crippen molar-refractivity contribution in [3.63, 3.8) is 0 Å². The van der Waals surface area contributed by atoms with Crippen molar-refractivity contribution in [1.82, 2.24) is 5.43 Å². The number of hydrogen-bond donors (Lipinski definition) is 1. The number of carbonyl (C=O) groups excluding carboxylic acids is 1. The standard InChI is InChI=1S/C19H30N2O/c1-5-6-7-8-9-10-11-19(22)21-20-17(4)18-13-12-15(2)14-16(18)3/h12-14H,5-11H2,1-4H3,(H,21,22). The minimum absolute atomic E-state index is 0.0135. The van der Waals surface area contributed by atoms with Gasteiger partial charge in [0.15, 0.2) is 0 Å². The van der Waals surface area contributed by atoms with Gasteiger partial charge in [0, 0.05) is 12.0 Å². The van der Waals surface area contributed by atoms with Gasteiger partial charge in [0.25, 0.3) is 0 Å². The van der Waals surface area contributed by atoms with Gasteiger partial charge in [-0.3, -0.25) is 4.79 Å². The zero-order valence-corrected chi connectivity index (χ0v) is 14.5. The zero-order valence-electron chi connectivity index (χ0n) is 14.5. The van der Waals surface area contributed by atoms with Crippen LogP contribution in [0.3, 0.4) is 0 Å². The molecule has 3 heteroatoms. The van der Waals surface area contributed by atoms with E-state index in [0.29, 0.717) is 6.42 Å². The van der Waals surface area contributed by atoms with Crippen molar-refractivity contribution < 1.29 is 4.79 Å². The SMILES string of the molecule is CCCCCCCCC(=O)NN=C(C)c1ccc(C)cc1C. The van der Waals surface area contributed by atoms with E-state index in [9.17, 15) is 4.79 Å². The van der Waals surface area contributed by atoms with Crippen LogP contribution < -0.4 is 5.43 Å². The van der Waals surface area contributed by atoms with Crippen molar-refractivity contribution in [2.75, 3.05) is 0 Å². The van der Waals surface area contributed by atoms with Crippen LogP contribution in [0, 0.1) is 13.8 Å². The van der Waals surface area contributed by atoms with Crippen LogP contribution in [0.1, 0.15) is 75.5 Å². The van der Waals surface area contributed by atoms with Crippen LogP contribution in [0.2, 0.25) is 0 Å². The van der Waals surface area contributed by atoms with Gasteiger partial charge in [0.05, 0.1) is 5.71 Å². The molecule has 122 valence electrons. The molecule has 1 amide bonds. The Bertz CT molecular complexity index is 506. The van der Waals surface area contributed by atoms with E-state index in [1.807, 2.05) is 6.92 Å².